The van der Waals surface area contributed by atoms with Crippen LogP contribution in [0.15, 0.2) is 52.5 Å². The molecule has 0 saturated heterocycles. The zero-order valence-corrected chi connectivity index (χ0v) is 12.0. The normalized spacial score (nSPS) is 10.7. The Kier molecular flexibility index (Phi) is 3.53. The van der Waals surface area contributed by atoms with Crippen LogP contribution in [-0.4, -0.2) is 28.2 Å². The third kappa shape index (κ3) is 2.45. The number of nitrogens with one attached hydrogen (secondary N) is 1. The second-order valence-corrected chi connectivity index (χ2v) is 5.36. The Hall–Kier alpha value is -2.47. The molecule has 2 heterocycles. The van der Waals surface area contributed by atoms with Gasteiger partial charge in [-0.15, -0.1) is 0 Å². The number of H-pyrrole nitrogens is 1. The van der Waals surface area contributed by atoms with Crippen LogP contribution < -0.4 is 4.74 Å². The van der Waals surface area contributed by atoms with E-state index in [4.69, 9.17) is 4.74 Å². The first kappa shape index (κ1) is 13.5. The van der Waals surface area contributed by atoms with Crippen LogP contribution in [0.5, 0.6) is 5.75 Å². The lowest BCUT2D eigenvalue weighted by Gasteiger charge is -2.07. The van der Waals surface area contributed by atoms with Crippen LogP contribution >= 0.6 is 11.8 Å². The van der Waals surface area contributed by atoms with Crippen LogP contribution in [-0.2, 0) is 0 Å². The van der Waals surface area contributed by atoms with E-state index in [1.54, 1.807) is 25.6 Å². The van der Waals surface area contributed by atoms with Crippen molar-refractivity contribution in [1.29, 1.82) is 0 Å². The van der Waals surface area contributed by atoms with E-state index in [0.29, 0.717) is 16.2 Å². The summed E-state index contributed by atoms with van der Waals surface area (Å²) in [7, 11) is 1.59. The first-order chi connectivity index (χ1) is 10.2. The minimum Gasteiger partial charge on any atom is -0.496 e. The molecule has 2 aromatic heterocycles. The predicted molar refractivity (Wildman–Crippen MR) is 80.2 cm³/mol. The maximum atomic E-state index is 11.4. The van der Waals surface area contributed by atoms with E-state index in [0.717, 1.165) is 10.3 Å². The highest BCUT2D eigenvalue weighted by Crippen LogP contribution is 2.40. The minimum absolute atomic E-state index is 0.161. The summed E-state index contributed by atoms with van der Waals surface area (Å²) >= 11 is 1.37. The maximum absolute atomic E-state index is 11.4. The standard InChI is InChI=1S/C15H12N2O3S/c1-20-11-4-2-3-5-12(11)21-14-9-6-7-16-8-10(9)17-13(14)15(18)19/h2-8,17H,1H3,(H,18,19). The first-order valence-corrected chi connectivity index (χ1v) is 7.02. The molecule has 0 aliphatic heterocycles. The number of fused-ring (bicyclic) bond motifs is 1. The van der Waals surface area contributed by atoms with Gasteiger partial charge in [-0.3, -0.25) is 4.98 Å². The highest BCUT2D eigenvalue weighted by atomic mass is 32.2. The predicted octanol–water partition coefficient (Wildman–Crippen LogP) is 3.42. The van der Waals surface area contributed by atoms with Crippen LogP contribution in [0.3, 0.4) is 0 Å². The van der Waals surface area contributed by atoms with Gasteiger partial charge in [0, 0.05) is 11.6 Å². The van der Waals surface area contributed by atoms with E-state index >= 15 is 0 Å². The Labute approximate surface area is 125 Å². The van der Waals surface area contributed by atoms with Gasteiger partial charge in [-0.05, 0) is 18.2 Å². The Morgan fingerprint density at radius 3 is 2.90 bits per heavy atom. The molecule has 6 heteroatoms. The summed E-state index contributed by atoms with van der Waals surface area (Å²) in [5, 5.41) is 10.2. The fourth-order valence-electron chi connectivity index (χ4n) is 2.09. The number of aromatic carboxylic acids is 1. The average Bonchev–Trinajstić information content (AvgIpc) is 2.87. The number of para-hydroxylation sites is 1. The number of pyridine rings is 1. The fourth-order valence-corrected chi connectivity index (χ4v) is 3.23. The number of rotatable bonds is 4. The van der Waals surface area contributed by atoms with Crippen molar-refractivity contribution in [1.82, 2.24) is 9.97 Å². The number of benzene rings is 1. The highest BCUT2D eigenvalue weighted by molar-refractivity contribution is 7.99. The van der Waals surface area contributed by atoms with Gasteiger partial charge in [0.2, 0.25) is 0 Å². The first-order valence-electron chi connectivity index (χ1n) is 6.20. The quantitative estimate of drug-likeness (QED) is 0.772. The van der Waals surface area contributed by atoms with E-state index in [1.807, 2.05) is 24.3 Å². The number of carbonyl (C=O) groups is 1. The lowest BCUT2D eigenvalue weighted by molar-refractivity contribution is 0.0688. The molecule has 1 aromatic carbocycles. The monoisotopic (exact) mass is 300 g/mol. The third-order valence-electron chi connectivity index (χ3n) is 3.05. The molecule has 5 nitrogen and oxygen atoms in total. The zero-order chi connectivity index (χ0) is 14.8. The Morgan fingerprint density at radius 1 is 1.33 bits per heavy atom. The van der Waals surface area contributed by atoms with Crippen molar-refractivity contribution in [2.24, 2.45) is 0 Å². The molecule has 3 rings (SSSR count). The van der Waals surface area contributed by atoms with Crippen LogP contribution in [0.4, 0.5) is 0 Å². The Balaban J connectivity index is 2.15. The van der Waals surface area contributed by atoms with Gasteiger partial charge in [-0.1, -0.05) is 23.9 Å². The molecule has 2 N–H and O–H groups in total. The van der Waals surface area contributed by atoms with Gasteiger partial charge in [0.25, 0.3) is 0 Å². The average molecular weight is 300 g/mol. The number of aromatic amines is 1. The largest absolute Gasteiger partial charge is 0.496 e. The number of methoxy groups -OCH3 is 1. The van der Waals surface area contributed by atoms with Crippen molar-refractivity contribution in [3.05, 3.63) is 48.4 Å². The SMILES string of the molecule is COc1ccccc1Sc1c(C(=O)O)[nH]c2cnccc12. The van der Waals surface area contributed by atoms with Gasteiger partial charge >= 0.3 is 5.97 Å². The molecule has 0 aliphatic carbocycles. The summed E-state index contributed by atoms with van der Waals surface area (Å²) in [5.74, 6) is -0.286. The smallest absolute Gasteiger partial charge is 0.353 e. The molecule has 3 aromatic rings. The minimum atomic E-state index is -0.997. The summed E-state index contributed by atoms with van der Waals surface area (Å²) in [4.78, 5) is 19.9. The summed E-state index contributed by atoms with van der Waals surface area (Å²) in [6.45, 7) is 0. The number of hydrogen-bond acceptors (Lipinski definition) is 4. The molecular weight excluding hydrogens is 288 g/mol. The highest BCUT2D eigenvalue weighted by Gasteiger charge is 2.19. The third-order valence-corrected chi connectivity index (χ3v) is 4.23. The van der Waals surface area contributed by atoms with Crippen molar-refractivity contribution < 1.29 is 14.6 Å². The molecule has 0 saturated carbocycles. The molecule has 0 atom stereocenters. The van der Waals surface area contributed by atoms with Crippen molar-refractivity contribution in [2.75, 3.05) is 7.11 Å². The molecule has 0 radical (unpaired) electrons. The molecule has 0 amide bonds. The van der Waals surface area contributed by atoms with E-state index in [2.05, 4.69) is 9.97 Å². The van der Waals surface area contributed by atoms with Crippen LogP contribution in [0.2, 0.25) is 0 Å². The molecule has 0 aliphatic rings. The van der Waals surface area contributed by atoms with Gasteiger partial charge in [-0.25, -0.2) is 4.79 Å². The molecule has 0 fully saturated rings. The number of aromatic nitrogens is 2. The summed E-state index contributed by atoms with van der Waals surface area (Å²) < 4.78 is 5.32. The molecule has 0 bridgehead atoms. The number of carboxylic acids is 1. The summed E-state index contributed by atoms with van der Waals surface area (Å²) in [6, 6.07) is 9.31. The van der Waals surface area contributed by atoms with E-state index in [1.165, 1.54) is 11.8 Å². The number of hydrogen-bond donors (Lipinski definition) is 2. The lowest BCUT2D eigenvalue weighted by atomic mass is 10.3. The number of carboxylic acid groups (broad SMARTS) is 1. The second-order valence-electron chi connectivity index (χ2n) is 4.31. The molecule has 0 spiro atoms. The van der Waals surface area contributed by atoms with Gasteiger partial charge < -0.3 is 14.8 Å². The molecule has 0 unspecified atom stereocenters. The van der Waals surface area contributed by atoms with E-state index in [9.17, 15) is 9.90 Å². The lowest BCUT2D eigenvalue weighted by Crippen LogP contribution is -1.98. The number of ether oxygens (including phenoxy) is 1. The van der Waals surface area contributed by atoms with Crippen LogP contribution in [0, 0.1) is 0 Å². The van der Waals surface area contributed by atoms with Gasteiger partial charge in [0.1, 0.15) is 11.4 Å². The van der Waals surface area contributed by atoms with Crippen molar-refractivity contribution in [2.45, 2.75) is 9.79 Å². The summed E-state index contributed by atoms with van der Waals surface area (Å²) in [5.41, 5.74) is 0.862. The summed E-state index contributed by atoms with van der Waals surface area (Å²) in [6.07, 6.45) is 3.27. The Bertz CT molecular complexity index is 814. The Morgan fingerprint density at radius 2 is 2.14 bits per heavy atom. The van der Waals surface area contributed by atoms with Crippen molar-refractivity contribution in [3.63, 3.8) is 0 Å². The van der Waals surface area contributed by atoms with Crippen molar-refractivity contribution >= 4 is 28.6 Å². The topological polar surface area (TPSA) is 75.2 Å². The zero-order valence-electron chi connectivity index (χ0n) is 11.2. The molecule has 106 valence electrons. The molecular formula is C15H12N2O3S. The van der Waals surface area contributed by atoms with Crippen LogP contribution in [0.1, 0.15) is 10.5 Å². The maximum Gasteiger partial charge on any atom is 0.353 e. The van der Waals surface area contributed by atoms with E-state index < -0.39 is 5.97 Å². The second kappa shape index (κ2) is 5.49. The number of nitrogens with zero attached hydrogens (tertiary/aromatic N) is 1. The van der Waals surface area contributed by atoms with Crippen molar-refractivity contribution in [3.8, 4) is 5.75 Å². The molecule has 21 heavy (non-hydrogen) atoms. The van der Waals surface area contributed by atoms with Gasteiger partial charge in [0.05, 0.1) is 28.6 Å². The van der Waals surface area contributed by atoms with Crippen LogP contribution in [0.25, 0.3) is 10.9 Å². The van der Waals surface area contributed by atoms with Gasteiger partial charge in [-0.2, -0.15) is 0 Å². The van der Waals surface area contributed by atoms with Gasteiger partial charge in [0.15, 0.2) is 0 Å². The van der Waals surface area contributed by atoms with E-state index in [-0.39, 0.29) is 5.69 Å². The fraction of sp³-hybridized carbons (Fsp3) is 0.0667.